The van der Waals surface area contributed by atoms with E-state index in [1.807, 2.05) is 0 Å². The van der Waals surface area contributed by atoms with E-state index >= 15 is 0 Å². The van der Waals surface area contributed by atoms with E-state index in [9.17, 15) is 10.1 Å². The van der Waals surface area contributed by atoms with Crippen molar-refractivity contribution in [3.05, 3.63) is 10.1 Å². The van der Waals surface area contributed by atoms with Crippen LogP contribution in [-0.4, -0.2) is 54.3 Å². The monoisotopic (exact) mass is 205 g/mol. The fourth-order valence-electron chi connectivity index (χ4n) is 1.42. The molecule has 7 nitrogen and oxygen atoms in total. The van der Waals surface area contributed by atoms with E-state index in [0.717, 1.165) is 0 Å². The highest BCUT2D eigenvalue weighted by atomic mass is 16.6. The topological polar surface area (TPSA) is 87.9 Å². The summed E-state index contributed by atoms with van der Waals surface area (Å²) in [7, 11) is 1.40. The molecular weight excluding hydrogens is 190 g/mol. The van der Waals surface area contributed by atoms with Crippen molar-refractivity contribution in [2.45, 2.75) is 19.0 Å². The predicted octanol–water partition coefficient (Wildman–Crippen LogP) is -1.19. The number of nitrogens with zero attached hydrogens (tertiary/aromatic N) is 2. The van der Waals surface area contributed by atoms with Crippen LogP contribution in [0.4, 0.5) is 0 Å². The molecule has 0 radical (unpaired) electrons. The lowest BCUT2D eigenvalue weighted by Gasteiger charge is -2.18. The van der Waals surface area contributed by atoms with Gasteiger partial charge in [-0.2, -0.15) is 0 Å². The smallest absolute Gasteiger partial charge is 0.325 e. The Hall–Kier alpha value is -0.760. The molecule has 0 bridgehead atoms. The Bertz CT molecular complexity index is 201. The average Bonchev–Trinajstić information content (AvgIpc) is 2.62. The SMILES string of the molecule is COC(O)CCN1CCNC1[N+](=O)[O-]. The third-order valence-corrected chi connectivity index (χ3v) is 2.21. The lowest BCUT2D eigenvalue weighted by molar-refractivity contribution is -0.551. The number of aliphatic hydroxyl groups excluding tert-OH is 1. The van der Waals surface area contributed by atoms with E-state index in [4.69, 9.17) is 5.11 Å². The summed E-state index contributed by atoms with van der Waals surface area (Å²) >= 11 is 0. The molecule has 1 heterocycles. The van der Waals surface area contributed by atoms with Gasteiger partial charge in [-0.15, -0.1) is 0 Å². The molecule has 1 saturated heterocycles. The van der Waals surface area contributed by atoms with Crippen molar-refractivity contribution in [2.24, 2.45) is 0 Å². The van der Waals surface area contributed by atoms with Gasteiger partial charge in [0.25, 0.3) is 0 Å². The molecule has 0 aromatic heterocycles. The first-order chi connectivity index (χ1) is 6.65. The van der Waals surface area contributed by atoms with E-state index in [2.05, 4.69) is 10.1 Å². The van der Waals surface area contributed by atoms with Crippen LogP contribution in [0.1, 0.15) is 6.42 Å². The molecule has 1 fully saturated rings. The molecule has 0 aromatic carbocycles. The quantitative estimate of drug-likeness (QED) is 0.333. The number of ether oxygens (including phenoxy) is 1. The standard InChI is InChI=1S/C7H15N3O4/c1-14-6(11)2-4-9-5-3-8-7(9)10(12)13/h6-8,11H,2-5H2,1H3. The van der Waals surface area contributed by atoms with Crippen LogP contribution in [0.3, 0.4) is 0 Å². The number of methoxy groups -OCH3 is 1. The van der Waals surface area contributed by atoms with E-state index in [1.54, 1.807) is 4.90 Å². The Morgan fingerprint density at radius 3 is 3.14 bits per heavy atom. The summed E-state index contributed by atoms with van der Waals surface area (Å²) in [6, 6.07) is 0. The van der Waals surface area contributed by atoms with Crippen LogP contribution in [0.25, 0.3) is 0 Å². The number of nitro groups is 1. The Morgan fingerprint density at radius 1 is 1.86 bits per heavy atom. The predicted molar refractivity (Wildman–Crippen MR) is 48.0 cm³/mol. The minimum absolute atomic E-state index is 0.369. The second kappa shape index (κ2) is 5.20. The van der Waals surface area contributed by atoms with E-state index in [1.165, 1.54) is 7.11 Å². The van der Waals surface area contributed by atoms with Gasteiger partial charge in [-0.25, -0.2) is 10.2 Å². The molecule has 0 amide bonds. The van der Waals surface area contributed by atoms with Crippen LogP contribution in [0.15, 0.2) is 0 Å². The number of hydrogen-bond donors (Lipinski definition) is 2. The molecule has 7 heteroatoms. The minimum atomic E-state index is -0.844. The van der Waals surface area contributed by atoms with Crippen LogP contribution in [-0.2, 0) is 4.74 Å². The first-order valence-electron chi connectivity index (χ1n) is 4.47. The van der Waals surface area contributed by atoms with E-state index in [0.29, 0.717) is 26.1 Å². The van der Waals surface area contributed by atoms with Gasteiger partial charge in [0.15, 0.2) is 6.29 Å². The van der Waals surface area contributed by atoms with Crippen LogP contribution in [0, 0.1) is 10.1 Å². The van der Waals surface area contributed by atoms with Gasteiger partial charge >= 0.3 is 6.29 Å². The first kappa shape index (κ1) is 11.3. The molecule has 0 spiro atoms. The fraction of sp³-hybridized carbons (Fsp3) is 1.00. The van der Waals surface area contributed by atoms with Crippen molar-refractivity contribution in [3.63, 3.8) is 0 Å². The van der Waals surface area contributed by atoms with Crippen LogP contribution < -0.4 is 5.32 Å². The Balaban J connectivity index is 2.32. The third kappa shape index (κ3) is 2.88. The zero-order valence-corrected chi connectivity index (χ0v) is 8.05. The Labute approximate surface area is 81.8 Å². The molecule has 2 unspecified atom stereocenters. The zero-order chi connectivity index (χ0) is 10.6. The summed E-state index contributed by atoms with van der Waals surface area (Å²) in [6.45, 7) is 1.68. The van der Waals surface area contributed by atoms with Gasteiger partial charge in [0.05, 0.1) is 4.92 Å². The summed E-state index contributed by atoms with van der Waals surface area (Å²) in [6.07, 6.45) is -1.29. The summed E-state index contributed by atoms with van der Waals surface area (Å²) in [5.41, 5.74) is 0. The maximum Gasteiger partial charge on any atom is 0.325 e. The van der Waals surface area contributed by atoms with E-state index < -0.39 is 12.6 Å². The van der Waals surface area contributed by atoms with Crippen molar-refractivity contribution in [1.82, 2.24) is 10.2 Å². The lowest BCUT2D eigenvalue weighted by atomic mass is 10.4. The summed E-state index contributed by atoms with van der Waals surface area (Å²) < 4.78 is 4.64. The van der Waals surface area contributed by atoms with Gasteiger partial charge in [0, 0.05) is 33.2 Å². The van der Waals surface area contributed by atoms with Crippen molar-refractivity contribution < 1.29 is 14.8 Å². The Morgan fingerprint density at radius 2 is 2.57 bits per heavy atom. The molecule has 1 aliphatic rings. The van der Waals surface area contributed by atoms with Crippen LogP contribution in [0.2, 0.25) is 0 Å². The summed E-state index contributed by atoms with van der Waals surface area (Å²) in [4.78, 5) is 11.8. The lowest BCUT2D eigenvalue weighted by Crippen LogP contribution is -2.43. The molecule has 82 valence electrons. The Kier molecular flexibility index (Phi) is 4.21. The second-order valence-corrected chi connectivity index (χ2v) is 3.13. The summed E-state index contributed by atoms with van der Waals surface area (Å²) in [5.74, 6) is 0. The average molecular weight is 205 g/mol. The van der Waals surface area contributed by atoms with Gasteiger partial charge in [0.2, 0.25) is 0 Å². The first-order valence-corrected chi connectivity index (χ1v) is 4.47. The van der Waals surface area contributed by atoms with Crippen molar-refractivity contribution in [1.29, 1.82) is 0 Å². The van der Waals surface area contributed by atoms with Gasteiger partial charge in [-0.1, -0.05) is 0 Å². The van der Waals surface area contributed by atoms with Gasteiger partial charge in [-0.05, 0) is 0 Å². The summed E-state index contributed by atoms with van der Waals surface area (Å²) in [5, 5.41) is 22.4. The highest BCUT2D eigenvalue weighted by Crippen LogP contribution is 2.06. The normalized spacial score (nSPS) is 25.1. The third-order valence-electron chi connectivity index (χ3n) is 2.21. The molecule has 0 saturated carbocycles. The zero-order valence-electron chi connectivity index (χ0n) is 8.05. The number of nitrogens with one attached hydrogen (secondary N) is 1. The molecule has 0 aromatic rings. The highest BCUT2D eigenvalue weighted by Gasteiger charge is 2.32. The molecule has 1 aliphatic heterocycles. The molecular formula is C7H15N3O4. The maximum absolute atomic E-state index is 10.5. The van der Waals surface area contributed by atoms with Gasteiger partial charge in [-0.3, -0.25) is 10.1 Å². The van der Waals surface area contributed by atoms with Gasteiger partial charge < -0.3 is 9.84 Å². The van der Waals surface area contributed by atoms with Gasteiger partial charge in [0.1, 0.15) is 0 Å². The fourth-order valence-corrected chi connectivity index (χ4v) is 1.42. The van der Waals surface area contributed by atoms with Crippen LogP contribution >= 0.6 is 0 Å². The largest absolute Gasteiger partial charge is 0.368 e. The maximum atomic E-state index is 10.5. The molecule has 14 heavy (non-hydrogen) atoms. The second-order valence-electron chi connectivity index (χ2n) is 3.13. The molecule has 1 rings (SSSR count). The molecule has 2 N–H and O–H groups in total. The molecule has 2 atom stereocenters. The minimum Gasteiger partial charge on any atom is -0.368 e. The number of hydrogen-bond acceptors (Lipinski definition) is 6. The highest BCUT2D eigenvalue weighted by molar-refractivity contribution is 4.70. The number of rotatable bonds is 5. The number of aliphatic hydroxyl groups is 1. The van der Waals surface area contributed by atoms with Crippen molar-refractivity contribution in [2.75, 3.05) is 26.7 Å². The van der Waals surface area contributed by atoms with E-state index in [-0.39, 0.29) is 4.92 Å². The van der Waals surface area contributed by atoms with Crippen molar-refractivity contribution in [3.8, 4) is 0 Å². The molecule has 0 aliphatic carbocycles. The van der Waals surface area contributed by atoms with Crippen molar-refractivity contribution >= 4 is 0 Å². The van der Waals surface area contributed by atoms with Crippen LogP contribution in [0.5, 0.6) is 0 Å².